The van der Waals surface area contributed by atoms with Crippen LogP contribution in [-0.2, 0) is 9.84 Å². The second-order valence-corrected chi connectivity index (χ2v) is 8.83. The maximum absolute atomic E-state index is 12.9. The first-order chi connectivity index (χ1) is 11.3. The summed E-state index contributed by atoms with van der Waals surface area (Å²) in [6.07, 6.45) is 1.58. The molecule has 3 rings (SSSR count). The number of likely N-dealkylation sites (tertiary alicyclic amines) is 1. The van der Waals surface area contributed by atoms with Crippen molar-refractivity contribution in [1.82, 2.24) is 14.8 Å². The molecule has 0 unspecified atom stereocenters. The molecule has 2 saturated heterocycles. The number of nitrogens with zero attached hydrogens (tertiary/aromatic N) is 3. The van der Waals surface area contributed by atoms with Gasteiger partial charge >= 0.3 is 0 Å². The van der Waals surface area contributed by atoms with E-state index in [2.05, 4.69) is 4.98 Å². The molecule has 0 bridgehead atoms. The molecule has 0 aromatic carbocycles. The van der Waals surface area contributed by atoms with Crippen molar-refractivity contribution in [3.63, 3.8) is 0 Å². The van der Waals surface area contributed by atoms with Crippen LogP contribution < -0.4 is 4.74 Å². The van der Waals surface area contributed by atoms with E-state index >= 15 is 0 Å². The van der Waals surface area contributed by atoms with Crippen molar-refractivity contribution in [1.29, 1.82) is 0 Å². The summed E-state index contributed by atoms with van der Waals surface area (Å²) in [5.74, 6) is 0.220. The minimum atomic E-state index is -3.17. The number of carbonyl (C=O) groups is 1. The Bertz CT molecular complexity index is 735. The van der Waals surface area contributed by atoms with Gasteiger partial charge in [-0.3, -0.25) is 4.79 Å². The van der Waals surface area contributed by atoms with Gasteiger partial charge in [0.25, 0.3) is 5.91 Å². The largest absolute Gasteiger partial charge is 0.477 e. The molecule has 132 valence electrons. The Morgan fingerprint density at radius 1 is 1.42 bits per heavy atom. The molecule has 1 aromatic rings. The molecule has 7 nitrogen and oxygen atoms in total. The van der Waals surface area contributed by atoms with Gasteiger partial charge in [0.15, 0.2) is 9.84 Å². The molecule has 0 N–H and O–H groups in total. The zero-order chi connectivity index (χ0) is 17.5. The van der Waals surface area contributed by atoms with Gasteiger partial charge < -0.3 is 14.5 Å². The summed E-state index contributed by atoms with van der Waals surface area (Å²) in [5, 5.41) is -0.471. The highest BCUT2D eigenvalue weighted by Crippen LogP contribution is 2.36. The van der Waals surface area contributed by atoms with E-state index in [1.807, 2.05) is 25.9 Å². The smallest absolute Gasteiger partial charge is 0.259 e. The number of hydrogen-bond acceptors (Lipinski definition) is 6. The Kier molecular flexibility index (Phi) is 4.52. The van der Waals surface area contributed by atoms with Crippen LogP contribution in [0.25, 0.3) is 0 Å². The number of pyridine rings is 1. The van der Waals surface area contributed by atoms with E-state index in [4.69, 9.17) is 4.74 Å². The van der Waals surface area contributed by atoms with Gasteiger partial charge in [-0.1, -0.05) is 0 Å². The van der Waals surface area contributed by atoms with Gasteiger partial charge in [0, 0.05) is 31.2 Å². The van der Waals surface area contributed by atoms with Crippen LogP contribution in [0.15, 0.2) is 18.3 Å². The molecule has 0 aliphatic carbocycles. The maximum Gasteiger partial charge on any atom is 0.259 e. The lowest BCUT2D eigenvalue weighted by Crippen LogP contribution is -2.38. The van der Waals surface area contributed by atoms with E-state index < -0.39 is 15.1 Å². The molecule has 24 heavy (non-hydrogen) atoms. The van der Waals surface area contributed by atoms with Crippen molar-refractivity contribution in [2.24, 2.45) is 5.92 Å². The van der Waals surface area contributed by atoms with Gasteiger partial charge in [-0.2, -0.15) is 0 Å². The molecular weight excluding hydrogens is 330 g/mol. The fourth-order valence-electron chi connectivity index (χ4n) is 3.71. The molecule has 1 amide bonds. The molecule has 0 spiro atoms. The SMILES string of the molecule is CCOc1ncccc1C(=O)N1C[C@H]2[C@H](N(C)C)CS(=O)(=O)[C@H]2C1. The van der Waals surface area contributed by atoms with Crippen LogP contribution >= 0.6 is 0 Å². The highest BCUT2D eigenvalue weighted by Gasteiger charge is 2.53. The molecule has 0 radical (unpaired) electrons. The molecule has 3 heterocycles. The third kappa shape index (κ3) is 2.88. The lowest BCUT2D eigenvalue weighted by atomic mass is 10.00. The van der Waals surface area contributed by atoms with E-state index in [1.54, 1.807) is 23.2 Å². The maximum atomic E-state index is 12.9. The zero-order valence-electron chi connectivity index (χ0n) is 14.2. The first-order valence-electron chi connectivity index (χ1n) is 8.10. The number of rotatable bonds is 4. The van der Waals surface area contributed by atoms with Gasteiger partial charge in [-0.15, -0.1) is 0 Å². The summed E-state index contributed by atoms with van der Waals surface area (Å²) in [6.45, 7) is 2.94. The third-order valence-electron chi connectivity index (χ3n) is 4.90. The number of amides is 1. The van der Waals surface area contributed by atoms with E-state index in [-0.39, 0.29) is 30.2 Å². The van der Waals surface area contributed by atoms with Gasteiger partial charge in [0.2, 0.25) is 5.88 Å². The summed E-state index contributed by atoms with van der Waals surface area (Å²) in [5.41, 5.74) is 0.387. The quantitative estimate of drug-likeness (QED) is 0.774. The molecular formula is C16H23N3O4S. The first kappa shape index (κ1) is 17.2. The Hall–Kier alpha value is -1.67. The van der Waals surface area contributed by atoms with Crippen molar-refractivity contribution in [3.05, 3.63) is 23.9 Å². The molecule has 3 atom stereocenters. The van der Waals surface area contributed by atoms with Crippen LogP contribution in [0, 0.1) is 5.92 Å². The number of aromatic nitrogens is 1. The van der Waals surface area contributed by atoms with Gasteiger partial charge in [-0.05, 0) is 33.2 Å². The predicted octanol–water partition coefficient (Wildman–Crippen LogP) is 0.280. The Balaban J connectivity index is 1.85. The lowest BCUT2D eigenvalue weighted by Gasteiger charge is -2.25. The topological polar surface area (TPSA) is 79.8 Å². The van der Waals surface area contributed by atoms with Crippen molar-refractivity contribution >= 4 is 15.7 Å². The summed E-state index contributed by atoms with van der Waals surface area (Å²) >= 11 is 0. The van der Waals surface area contributed by atoms with Crippen LogP contribution in [0.2, 0.25) is 0 Å². The van der Waals surface area contributed by atoms with E-state index in [0.717, 1.165) is 0 Å². The molecule has 1 aromatic heterocycles. The van der Waals surface area contributed by atoms with E-state index in [9.17, 15) is 13.2 Å². The normalized spacial score (nSPS) is 28.2. The number of fused-ring (bicyclic) bond motifs is 1. The zero-order valence-corrected chi connectivity index (χ0v) is 15.0. The highest BCUT2D eigenvalue weighted by atomic mass is 32.2. The van der Waals surface area contributed by atoms with Gasteiger partial charge in [0.1, 0.15) is 5.56 Å². The number of hydrogen-bond donors (Lipinski definition) is 0. The summed E-state index contributed by atoms with van der Waals surface area (Å²) in [6, 6.07) is 3.32. The van der Waals surface area contributed by atoms with Crippen molar-refractivity contribution in [2.75, 3.05) is 39.5 Å². The summed E-state index contributed by atoms with van der Waals surface area (Å²) < 4.78 is 30.3. The fourth-order valence-corrected chi connectivity index (χ4v) is 6.18. The van der Waals surface area contributed by atoms with Crippen LogP contribution in [0.1, 0.15) is 17.3 Å². The van der Waals surface area contributed by atoms with E-state index in [1.165, 1.54) is 0 Å². The number of carbonyl (C=O) groups excluding carboxylic acids is 1. The van der Waals surface area contributed by atoms with Crippen LogP contribution in [0.3, 0.4) is 0 Å². The second-order valence-electron chi connectivity index (χ2n) is 6.56. The summed E-state index contributed by atoms with van der Waals surface area (Å²) in [7, 11) is 0.611. The average molecular weight is 353 g/mol. The molecule has 2 aliphatic rings. The highest BCUT2D eigenvalue weighted by molar-refractivity contribution is 7.92. The standard InChI is InChI=1S/C16H23N3O4S/c1-4-23-15-11(6-5-7-17-15)16(20)19-8-12-13(18(2)3)10-24(21,22)14(12)9-19/h5-7,12-14H,4,8-10H2,1-3H3/t12-,13+,14-/m0/s1. The Morgan fingerprint density at radius 3 is 2.83 bits per heavy atom. The Labute approximate surface area is 142 Å². The van der Waals surface area contributed by atoms with Crippen molar-refractivity contribution in [2.45, 2.75) is 18.2 Å². The molecule has 8 heteroatoms. The Morgan fingerprint density at radius 2 is 2.17 bits per heavy atom. The molecule has 2 aliphatic heterocycles. The monoisotopic (exact) mass is 353 g/mol. The summed E-state index contributed by atoms with van der Waals surface area (Å²) in [4.78, 5) is 20.5. The first-order valence-corrected chi connectivity index (χ1v) is 9.81. The van der Waals surface area contributed by atoms with Gasteiger partial charge in [0.05, 0.1) is 17.6 Å². The van der Waals surface area contributed by atoms with E-state index in [0.29, 0.717) is 24.6 Å². The van der Waals surface area contributed by atoms with Crippen molar-refractivity contribution in [3.8, 4) is 5.88 Å². The second kappa shape index (κ2) is 6.33. The van der Waals surface area contributed by atoms with Crippen LogP contribution in [0.5, 0.6) is 5.88 Å². The lowest BCUT2D eigenvalue weighted by molar-refractivity contribution is 0.0774. The number of ether oxygens (including phenoxy) is 1. The number of sulfone groups is 1. The average Bonchev–Trinajstić information content (AvgIpc) is 3.07. The minimum absolute atomic E-state index is 0.0406. The van der Waals surface area contributed by atoms with Crippen LogP contribution in [0.4, 0.5) is 0 Å². The minimum Gasteiger partial charge on any atom is -0.477 e. The van der Waals surface area contributed by atoms with Crippen LogP contribution in [-0.4, -0.2) is 79.9 Å². The van der Waals surface area contributed by atoms with Gasteiger partial charge in [-0.25, -0.2) is 13.4 Å². The fraction of sp³-hybridized carbons (Fsp3) is 0.625. The third-order valence-corrected chi connectivity index (χ3v) is 7.13. The van der Waals surface area contributed by atoms with Crippen molar-refractivity contribution < 1.29 is 17.9 Å². The predicted molar refractivity (Wildman–Crippen MR) is 89.8 cm³/mol. The molecule has 2 fully saturated rings. The molecule has 0 saturated carbocycles.